The SMILES string of the molecule is Cc1cc(=O)c(C(=O)N[C@H]2CCS(=O)(=O)C2)nn1-c1ccccc1. The van der Waals surface area contributed by atoms with Crippen molar-refractivity contribution >= 4 is 15.7 Å². The van der Waals surface area contributed by atoms with Gasteiger partial charge in [0.15, 0.2) is 15.5 Å². The van der Waals surface area contributed by atoms with E-state index >= 15 is 0 Å². The van der Waals surface area contributed by atoms with Crippen molar-refractivity contribution in [1.29, 1.82) is 0 Å². The molecule has 8 heteroatoms. The molecule has 2 aromatic rings. The molecule has 2 heterocycles. The van der Waals surface area contributed by atoms with Crippen molar-refractivity contribution < 1.29 is 13.2 Å². The van der Waals surface area contributed by atoms with E-state index in [1.54, 1.807) is 6.92 Å². The van der Waals surface area contributed by atoms with Gasteiger partial charge in [0.25, 0.3) is 5.91 Å². The van der Waals surface area contributed by atoms with Crippen LogP contribution in [0.2, 0.25) is 0 Å². The standard InChI is InChI=1S/C16H17N3O4S/c1-11-9-14(20)15(18-19(11)13-5-3-2-4-6-13)16(21)17-12-7-8-24(22,23)10-12/h2-6,9,12H,7-8,10H2,1H3,(H,17,21)/t12-/m0/s1. The van der Waals surface area contributed by atoms with Crippen LogP contribution in [0.25, 0.3) is 5.69 Å². The molecule has 0 unspecified atom stereocenters. The van der Waals surface area contributed by atoms with Gasteiger partial charge in [0.1, 0.15) is 0 Å². The van der Waals surface area contributed by atoms with Gasteiger partial charge in [-0.05, 0) is 25.5 Å². The monoisotopic (exact) mass is 347 g/mol. The summed E-state index contributed by atoms with van der Waals surface area (Å²) in [4.78, 5) is 24.5. The van der Waals surface area contributed by atoms with Crippen LogP contribution in [0.15, 0.2) is 41.2 Å². The fourth-order valence-electron chi connectivity index (χ4n) is 2.70. The predicted molar refractivity (Wildman–Crippen MR) is 89.1 cm³/mol. The summed E-state index contributed by atoms with van der Waals surface area (Å²) in [7, 11) is -3.11. The first-order chi connectivity index (χ1) is 11.4. The Kier molecular flexibility index (Phi) is 4.23. The third-order valence-electron chi connectivity index (χ3n) is 3.89. The van der Waals surface area contributed by atoms with Crippen LogP contribution >= 0.6 is 0 Å². The van der Waals surface area contributed by atoms with Crippen LogP contribution < -0.4 is 10.7 Å². The molecule has 1 aromatic carbocycles. The lowest BCUT2D eigenvalue weighted by atomic mass is 10.2. The second-order valence-corrected chi connectivity index (χ2v) is 8.05. The smallest absolute Gasteiger partial charge is 0.276 e. The van der Waals surface area contributed by atoms with Crippen molar-refractivity contribution in [2.75, 3.05) is 11.5 Å². The van der Waals surface area contributed by atoms with Crippen molar-refractivity contribution in [3.05, 3.63) is 58.0 Å². The molecule has 7 nitrogen and oxygen atoms in total. The summed E-state index contributed by atoms with van der Waals surface area (Å²) in [5, 5.41) is 6.76. The highest BCUT2D eigenvalue weighted by atomic mass is 32.2. The number of carbonyl (C=O) groups excluding carboxylic acids is 1. The Hall–Kier alpha value is -2.48. The second kappa shape index (κ2) is 6.20. The van der Waals surface area contributed by atoms with Crippen LogP contribution in [0.3, 0.4) is 0 Å². The molecule has 0 aliphatic carbocycles. The van der Waals surface area contributed by atoms with Gasteiger partial charge >= 0.3 is 0 Å². The van der Waals surface area contributed by atoms with Crippen LogP contribution in [0.1, 0.15) is 22.6 Å². The third kappa shape index (κ3) is 3.38. The van der Waals surface area contributed by atoms with Crippen LogP contribution in [0.4, 0.5) is 0 Å². The molecule has 1 aromatic heterocycles. The average molecular weight is 347 g/mol. The number of aryl methyl sites for hydroxylation is 1. The molecule has 1 amide bonds. The summed E-state index contributed by atoms with van der Waals surface area (Å²) in [6.45, 7) is 1.73. The molecule has 24 heavy (non-hydrogen) atoms. The van der Waals surface area contributed by atoms with E-state index in [9.17, 15) is 18.0 Å². The number of nitrogens with zero attached hydrogens (tertiary/aromatic N) is 2. The Labute approximate surface area is 139 Å². The number of hydrogen-bond donors (Lipinski definition) is 1. The normalized spacial score (nSPS) is 19.1. The van der Waals surface area contributed by atoms with Crippen molar-refractivity contribution in [2.24, 2.45) is 0 Å². The van der Waals surface area contributed by atoms with Crippen molar-refractivity contribution in [2.45, 2.75) is 19.4 Å². The predicted octanol–water partition coefficient (Wildman–Crippen LogP) is 0.458. The highest BCUT2D eigenvalue weighted by Gasteiger charge is 2.30. The Morgan fingerprint density at radius 3 is 2.62 bits per heavy atom. The van der Waals surface area contributed by atoms with Crippen molar-refractivity contribution in [3.8, 4) is 5.69 Å². The molecule has 3 rings (SSSR count). The molecule has 1 atom stereocenters. The maximum atomic E-state index is 12.3. The number of rotatable bonds is 3. The summed E-state index contributed by atoms with van der Waals surface area (Å²) in [5.74, 6) is -0.697. The van der Waals surface area contributed by atoms with Gasteiger partial charge in [0.05, 0.1) is 17.2 Å². The molecule has 1 aliphatic heterocycles. The van der Waals surface area contributed by atoms with Gasteiger partial charge < -0.3 is 5.32 Å². The zero-order chi connectivity index (χ0) is 17.3. The van der Waals surface area contributed by atoms with Gasteiger partial charge in [0.2, 0.25) is 5.43 Å². The van der Waals surface area contributed by atoms with Gasteiger partial charge in [-0.2, -0.15) is 5.10 Å². The maximum Gasteiger partial charge on any atom is 0.276 e. The van der Waals surface area contributed by atoms with E-state index in [2.05, 4.69) is 10.4 Å². The first-order valence-electron chi connectivity index (χ1n) is 7.53. The zero-order valence-corrected chi connectivity index (χ0v) is 13.9. The number of carbonyl (C=O) groups is 1. The molecule has 0 radical (unpaired) electrons. The summed E-state index contributed by atoms with van der Waals surface area (Å²) >= 11 is 0. The van der Waals surface area contributed by atoms with E-state index in [1.807, 2.05) is 30.3 Å². The molecule has 1 aliphatic rings. The molecule has 0 saturated carbocycles. The van der Waals surface area contributed by atoms with Crippen molar-refractivity contribution in [3.63, 3.8) is 0 Å². The first-order valence-corrected chi connectivity index (χ1v) is 9.35. The van der Waals surface area contributed by atoms with Crippen LogP contribution in [-0.4, -0.2) is 41.7 Å². The average Bonchev–Trinajstić information content (AvgIpc) is 2.87. The Balaban J connectivity index is 1.91. The van der Waals surface area contributed by atoms with Gasteiger partial charge in [-0.1, -0.05) is 18.2 Å². The minimum atomic E-state index is -3.11. The number of aromatic nitrogens is 2. The number of hydrogen-bond acceptors (Lipinski definition) is 5. The maximum absolute atomic E-state index is 12.3. The summed E-state index contributed by atoms with van der Waals surface area (Å²) < 4.78 is 24.5. The Morgan fingerprint density at radius 2 is 2.00 bits per heavy atom. The number of nitrogens with one attached hydrogen (secondary N) is 1. The molecule has 1 fully saturated rings. The molecule has 1 N–H and O–H groups in total. The van der Waals surface area contributed by atoms with E-state index in [-0.39, 0.29) is 17.2 Å². The van der Waals surface area contributed by atoms with E-state index < -0.39 is 27.2 Å². The van der Waals surface area contributed by atoms with Gasteiger partial charge in [-0.3, -0.25) is 9.59 Å². The highest BCUT2D eigenvalue weighted by molar-refractivity contribution is 7.91. The second-order valence-electron chi connectivity index (χ2n) is 5.82. The van der Waals surface area contributed by atoms with E-state index in [4.69, 9.17) is 0 Å². The zero-order valence-electron chi connectivity index (χ0n) is 13.1. The van der Waals surface area contributed by atoms with E-state index in [0.29, 0.717) is 12.1 Å². The van der Waals surface area contributed by atoms with Crippen LogP contribution in [0.5, 0.6) is 0 Å². The Morgan fingerprint density at radius 1 is 1.29 bits per heavy atom. The lowest BCUT2D eigenvalue weighted by Crippen LogP contribution is -2.39. The lowest BCUT2D eigenvalue weighted by molar-refractivity contribution is 0.0933. The van der Waals surface area contributed by atoms with Crippen molar-refractivity contribution in [1.82, 2.24) is 15.1 Å². The summed E-state index contributed by atoms with van der Waals surface area (Å²) in [6.07, 6.45) is 0.354. The summed E-state index contributed by atoms with van der Waals surface area (Å²) in [5.41, 5.74) is 0.602. The largest absolute Gasteiger partial charge is 0.347 e. The number of amides is 1. The number of benzene rings is 1. The topological polar surface area (TPSA) is 98.1 Å². The molecular formula is C16H17N3O4S. The lowest BCUT2D eigenvalue weighted by Gasteiger charge is -2.13. The molecule has 1 saturated heterocycles. The molecule has 0 spiro atoms. The minimum Gasteiger partial charge on any atom is -0.347 e. The van der Waals surface area contributed by atoms with Crippen LogP contribution in [0, 0.1) is 6.92 Å². The highest BCUT2D eigenvalue weighted by Crippen LogP contribution is 2.12. The molecular weight excluding hydrogens is 330 g/mol. The van der Waals surface area contributed by atoms with Gasteiger partial charge in [-0.15, -0.1) is 0 Å². The molecule has 126 valence electrons. The number of para-hydroxylation sites is 1. The third-order valence-corrected chi connectivity index (χ3v) is 5.66. The summed E-state index contributed by atoms with van der Waals surface area (Å²) in [6, 6.07) is 10.0. The van der Waals surface area contributed by atoms with Crippen LogP contribution in [-0.2, 0) is 9.84 Å². The van der Waals surface area contributed by atoms with Gasteiger partial charge in [-0.25, -0.2) is 13.1 Å². The number of sulfone groups is 1. The fourth-order valence-corrected chi connectivity index (χ4v) is 4.37. The quantitative estimate of drug-likeness (QED) is 0.870. The first kappa shape index (κ1) is 16.4. The molecule has 0 bridgehead atoms. The van der Waals surface area contributed by atoms with Gasteiger partial charge in [0, 0.05) is 17.8 Å². The van der Waals surface area contributed by atoms with E-state index in [1.165, 1.54) is 10.7 Å². The fraction of sp³-hybridized carbons (Fsp3) is 0.312. The Bertz CT molecular complexity index is 936. The minimum absolute atomic E-state index is 0.0491. The van der Waals surface area contributed by atoms with E-state index in [0.717, 1.165) is 5.69 Å².